The van der Waals surface area contributed by atoms with Gasteiger partial charge in [0, 0.05) is 12.1 Å². The summed E-state index contributed by atoms with van der Waals surface area (Å²) in [6.45, 7) is 0. The van der Waals surface area contributed by atoms with Gasteiger partial charge in [0.2, 0.25) is 0 Å². The van der Waals surface area contributed by atoms with E-state index in [0.29, 0.717) is 23.0 Å². The van der Waals surface area contributed by atoms with Crippen LogP contribution in [0.15, 0.2) is 24.5 Å². The number of hydrogen-bond acceptors (Lipinski definition) is 5. The average Bonchev–Trinajstić information content (AvgIpc) is 3.27. The highest BCUT2D eigenvalue weighted by atomic mass is 16.5. The van der Waals surface area contributed by atoms with E-state index < -0.39 is 12.0 Å². The van der Waals surface area contributed by atoms with Crippen LogP contribution in [0.25, 0.3) is 0 Å². The van der Waals surface area contributed by atoms with E-state index in [4.69, 9.17) is 0 Å². The molecule has 0 aliphatic heterocycles. The van der Waals surface area contributed by atoms with Gasteiger partial charge in [0.1, 0.15) is 5.82 Å². The van der Waals surface area contributed by atoms with E-state index in [1.165, 1.54) is 25.4 Å². The largest absolute Gasteiger partial charge is 0.465 e. The molecule has 3 rings (SSSR count). The lowest BCUT2D eigenvalue weighted by Gasteiger charge is -2.07. The molecule has 114 valence electrons. The first-order valence-electron chi connectivity index (χ1n) is 6.83. The van der Waals surface area contributed by atoms with Crippen molar-refractivity contribution in [2.45, 2.75) is 18.8 Å². The zero-order valence-electron chi connectivity index (χ0n) is 11.9. The molecule has 0 aromatic carbocycles. The van der Waals surface area contributed by atoms with Gasteiger partial charge in [0.25, 0.3) is 0 Å². The number of aromatic nitrogens is 3. The van der Waals surface area contributed by atoms with Crippen molar-refractivity contribution < 1.29 is 14.3 Å². The summed E-state index contributed by atoms with van der Waals surface area (Å²) in [6.07, 6.45) is 5.14. The molecule has 2 aromatic heterocycles. The summed E-state index contributed by atoms with van der Waals surface area (Å²) in [5.74, 6) is 0.313. The van der Waals surface area contributed by atoms with Gasteiger partial charge in [-0.3, -0.25) is 10.4 Å². The Kier molecular flexibility index (Phi) is 3.73. The van der Waals surface area contributed by atoms with Crippen molar-refractivity contribution in [2.75, 3.05) is 17.7 Å². The number of H-pyrrole nitrogens is 1. The second kappa shape index (κ2) is 5.84. The Morgan fingerprint density at radius 1 is 1.27 bits per heavy atom. The number of ether oxygens (including phenoxy) is 1. The minimum absolute atomic E-state index is 0.319. The molecule has 0 spiro atoms. The number of methoxy groups -OCH3 is 1. The predicted molar refractivity (Wildman–Crippen MR) is 78.8 cm³/mol. The van der Waals surface area contributed by atoms with Crippen LogP contribution in [0.4, 0.5) is 16.3 Å². The van der Waals surface area contributed by atoms with Gasteiger partial charge in [-0.2, -0.15) is 5.10 Å². The molecule has 3 N–H and O–H groups in total. The molecule has 2 aromatic rings. The number of rotatable bonds is 4. The minimum Gasteiger partial charge on any atom is -0.465 e. The third-order valence-electron chi connectivity index (χ3n) is 3.33. The standard InChI is InChI=1S/C14H15N5O3/c1-22-13(20)9-4-5-11(15-6-9)18-14(21)17-10-7-16-19-12(10)8-2-3-8/h4-8H,2-3H2,1H3,(H,16,19)(H2,15,17,18,21). The number of amides is 2. The summed E-state index contributed by atoms with van der Waals surface area (Å²) in [6, 6.07) is 2.65. The number of esters is 1. The molecule has 0 unspecified atom stereocenters. The molecule has 0 bridgehead atoms. The fourth-order valence-electron chi connectivity index (χ4n) is 2.06. The molecule has 1 saturated carbocycles. The van der Waals surface area contributed by atoms with Crippen LogP contribution in [0.2, 0.25) is 0 Å². The first kappa shape index (κ1) is 14.1. The van der Waals surface area contributed by atoms with Crippen molar-refractivity contribution in [2.24, 2.45) is 0 Å². The van der Waals surface area contributed by atoms with Crippen LogP contribution in [0.1, 0.15) is 34.8 Å². The molecule has 2 heterocycles. The predicted octanol–water partition coefficient (Wildman–Crippen LogP) is 2.11. The van der Waals surface area contributed by atoms with Crippen LogP contribution < -0.4 is 10.6 Å². The van der Waals surface area contributed by atoms with E-state index in [-0.39, 0.29) is 0 Å². The van der Waals surface area contributed by atoms with Gasteiger partial charge in [-0.25, -0.2) is 14.6 Å². The van der Waals surface area contributed by atoms with Gasteiger partial charge in [0.05, 0.1) is 30.3 Å². The van der Waals surface area contributed by atoms with Crippen LogP contribution in [-0.2, 0) is 4.74 Å². The minimum atomic E-state index is -0.476. The van der Waals surface area contributed by atoms with E-state index in [0.717, 1.165) is 18.5 Å². The van der Waals surface area contributed by atoms with E-state index >= 15 is 0 Å². The fourth-order valence-corrected chi connectivity index (χ4v) is 2.06. The zero-order valence-corrected chi connectivity index (χ0v) is 11.9. The normalized spacial score (nSPS) is 13.5. The van der Waals surface area contributed by atoms with Crippen molar-refractivity contribution >= 4 is 23.5 Å². The molecular weight excluding hydrogens is 286 g/mol. The smallest absolute Gasteiger partial charge is 0.339 e. The van der Waals surface area contributed by atoms with E-state index in [1.807, 2.05) is 0 Å². The van der Waals surface area contributed by atoms with Crippen molar-refractivity contribution in [3.05, 3.63) is 35.8 Å². The summed E-state index contributed by atoms with van der Waals surface area (Å²) in [4.78, 5) is 27.2. The molecule has 0 radical (unpaired) electrons. The SMILES string of the molecule is COC(=O)c1ccc(NC(=O)Nc2cn[nH]c2C2CC2)nc1. The van der Waals surface area contributed by atoms with Crippen molar-refractivity contribution in [3.63, 3.8) is 0 Å². The average molecular weight is 301 g/mol. The Morgan fingerprint density at radius 3 is 2.73 bits per heavy atom. The first-order chi connectivity index (χ1) is 10.7. The van der Waals surface area contributed by atoms with E-state index in [2.05, 4.69) is 30.6 Å². The summed E-state index contributed by atoms with van der Waals surface area (Å²) in [7, 11) is 1.30. The number of carbonyl (C=O) groups excluding carboxylic acids is 2. The third-order valence-corrected chi connectivity index (χ3v) is 3.33. The number of pyridine rings is 1. The molecule has 1 aliphatic rings. The Balaban J connectivity index is 1.61. The Morgan fingerprint density at radius 2 is 2.09 bits per heavy atom. The highest BCUT2D eigenvalue weighted by Crippen LogP contribution is 2.42. The maximum atomic E-state index is 12.0. The molecule has 0 atom stereocenters. The van der Waals surface area contributed by atoms with Gasteiger partial charge in [-0.1, -0.05) is 0 Å². The van der Waals surface area contributed by atoms with E-state index in [1.54, 1.807) is 6.20 Å². The molecule has 0 saturated heterocycles. The van der Waals surface area contributed by atoms with Crippen LogP contribution in [0, 0.1) is 0 Å². The lowest BCUT2D eigenvalue weighted by atomic mass is 10.2. The second-order valence-electron chi connectivity index (χ2n) is 4.97. The van der Waals surface area contributed by atoms with Crippen LogP contribution in [0.3, 0.4) is 0 Å². The van der Waals surface area contributed by atoms with Crippen LogP contribution >= 0.6 is 0 Å². The Bertz CT molecular complexity index is 691. The Hall–Kier alpha value is -2.90. The van der Waals surface area contributed by atoms with Crippen molar-refractivity contribution in [3.8, 4) is 0 Å². The fraction of sp³-hybridized carbons (Fsp3) is 0.286. The zero-order chi connectivity index (χ0) is 15.5. The molecule has 8 nitrogen and oxygen atoms in total. The highest BCUT2D eigenvalue weighted by Gasteiger charge is 2.28. The summed E-state index contributed by atoms with van der Waals surface area (Å²) >= 11 is 0. The summed E-state index contributed by atoms with van der Waals surface area (Å²) in [5, 5.41) is 12.2. The topological polar surface area (TPSA) is 109 Å². The maximum absolute atomic E-state index is 12.0. The van der Waals surface area contributed by atoms with Gasteiger partial charge in [0.15, 0.2) is 0 Å². The maximum Gasteiger partial charge on any atom is 0.339 e. The van der Waals surface area contributed by atoms with Crippen molar-refractivity contribution in [1.29, 1.82) is 0 Å². The van der Waals surface area contributed by atoms with Gasteiger partial charge in [-0.15, -0.1) is 0 Å². The van der Waals surface area contributed by atoms with Gasteiger partial charge >= 0.3 is 12.0 Å². The number of aromatic amines is 1. The highest BCUT2D eigenvalue weighted by molar-refractivity contribution is 5.99. The number of anilines is 2. The number of nitrogens with one attached hydrogen (secondary N) is 3. The first-order valence-corrected chi connectivity index (χ1v) is 6.83. The molecule has 22 heavy (non-hydrogen) atoms. The Labute approximate surface area is 126 Å². The second-order valence-corrected chi connectivity index (χ2v) is 4.97. The number of hydrogen-bond donors (Lipinski definition) is 3. The number of nitrogens with zero attached hydrogens (tertiary/aromatic N) is 2. The molecular formula is C14H15N5O3. The van der Waals surface area contributed by atoms with E-state index in [9.17, 15) is 9.59 Å². The van der Waals surface area contributed by atoms with Gasteiger partial charge < -0.3 is 10.1 Å². The molecule has 1 fully saturated rings. The number of carbonyl (C=O) groups is 2. The third kappa shape index (κ3) is 3.05. The molecule has 2 amide bonds. The molecule has 1 aliphatic carbocycles. The lowest BCUT2D eigenvalue weighted by molar-refractivity contribution is 0.0600. The quantitative estimate of drug-likeness (QED) is 0.749. The number of urea groups is 1. The van der Waals surface area contributed by atoms with Crippen LogP contribution in [-0.4, -0.2) is 34.3 Å². The summed E-state index contributed by atoms with van der Waals surface area (Å²) < 4.78 is 4.58. The lowest BCUT2D eigenvalue weighted by Crippen LogP contribution is -2.20. The summed E-state index contributed by atoms with van der Waals surface area (Å²) in [5.41, 5.74) is 1.94. The van der Waals surface area contributed by atoms with Crippen LogP contribution in [0.5, 0.6) is 0 Å². The van der Waals surface area contributed by atoms with Crippen molar-refractivity contribution in [1.82, 2.24) is 15.2 Å². The monoisotopic (exact) mass is 301 g/mol. The van der Waals surface area contributed by atoms with Gasteiger partial charge in [-0.05, 0) is 25.0 Å². The molecule has 8 heteroatoms.